The number of aromatic nitrogens is 2. The van der Waals surface area contributed by atoms with Gasteiger partial charge in [0.25, 0.3) is 0 Å². The largest absolute Gasteiger partial charge is 0.228 e. The van der Waals surface area contributed by atoms with Crippen molar-refractivity contribution in [2.24, 2.45) is 0 Å². The van der Waals surface area contributed by atoms with Crippen molar-refractivity contribution < 1.29 is 0 Å². The van der Waals surface area contributed by atoms with E-state index < -0.39 is 0 Å². The van der Waals surface area contributed by atoms with Gasteiger partial charge in [0, 0.05) is 36.9 Å². The number of hydrogen-bond acceptors (Lipinski definition) is 3. The summed E-state index contributed by atoms with van der Waals surface area (Å²) in [4.78, 5) is 10.5. The Bertz CT molecular complexity index is 2950. The summed E-state index contributed by atoms with van der Waals surface area (Å²) in [5.41, 5.74) is 11.9. The molecule has 0 atom stereocenters. The van der Waals surface area contributed by atoms with Gasteiger partial charge in [0.2, 0.25) is 0 Å². The predicted molar refractivity (Wildman–Crippen MR) is 225 cm³/mol. The second-order valence-electron chi connectivity index (χ2n) is 13.4. The lowest BCUT2D eigenvalue weighted by atomic mass is 9.92. The highest BCUT2D eigenvalue weighted by molar-refractivity contribution is 7.25. The van der Waals surface area contributed by atoms with E-state index in [1.165, 1.54) is 47.6 Å². The van der Waals surface area contributed by atoms with E-state index in [9.17, 15) is 0 Å². The SMILES string of the molecule is c1ccc(-c2cc(-c3cc(-c4cccc(-c5ccc6ccccc6c5)c4)nc(-c4ccccc4)n3)cc(-c3cccc4sc5ccccc5c34)c2)cc1. The molecule has 2 aromatic heterocycles. The van der Waals surface area contributed by atoms with Crippen molar-refractivity contribution >= 4 is 42.3 Å². The van der Waals surface area contributed by atoms with Gasteiger partial charge in [0.15, 0.2) is 5.82 Å². The van der Waals surface area contributed by atoms with Crippen LogP contribution in [0.5, 0.6) is 0 Å². The molecule has 0 saturated heterocycles. The first-order valence-electron chi connectivity index (χ1n) is 17.9. The Balaban J connectivity index is 1.18. The van der Waals surface area contributed by atoms with Crippen LogP contribution in [0.15, 0.2) is 194 Å². The van der Waals surface area contributed by atoms with Crippen molar-refractivity contribution in [3.8, 4) is 67.3 Å². The van der Waals surface area contributed by atoms with Gasteiger partial charge in [-0.25, -0.2) is 9.97 Å². The maximum atomic E-state index is 5.28. The molecule has 2 nitrogen and oxygen atoms in total. The van der Waals surface area contributed by atoms with Gasteiger partial charge in [0.05, 0.1) is 11.4 Å². The Morgan fingerprint density at radius 1 is 0.321 bits per heavy atom. The lowest BCUT2D eigenvalue weighted by molar-refractivity contribution is 1.18. The molecule has 2 heterocycles. The average molecular weight is 693 g/mol. The molecule has 8 aromatic carbocycles. The van der Waals surface area contributed by atoms with Crippen LogP contribution in [-0.4, -0.2) is 9.97 Å². The van der Waals surface area contributed by atoms with Crippen molar-refractivity contribution in [2.75, 3.05) is 0 Å². The highest BCUT2D eigenvalue weighted by Crippen LogP contribution is 2.42. The zero-order chi connectivity index (χ0) is 35.1. The molecule has 248 valence electrons. The molecule has 0 radical (unpaired) electrons. The molecular weight excluding hydrogens is 661 g/mol. The van der Waals surface area contributed by atoms with Crippen LogP contribution in [0.3, 0.4) is 0 Å². The van der Waals surface area contributed by atoms with Gasteiger partial charge in [-0.2, -0.15) is 0 Å². The van der Waals surface area contributed by atoms with Gasteiger partial charge in [-0.15, -0.1) is 11.3 Å². The third kappa shape index (κ3) is 5.87. The topological polar surface area (TPSA) is 25.8 Å². The number of thiophene rings is 1. The second-order valence-corrected chi connectivity index (χ2v) is 14.5. The fourth-order valence-corrected chi connectivity index (χ4v) is 8.56. The lowest BCUT2D eigenvalue weighted by Crippen LogP contribution is -1.97. The molecule has 0 aliphatic heterocycles. The van der Waals surface area contributed by atoms with Crippen molar-refractivity contribution in [1.82, 2.24) is 9.97 Å². The standard InChI is InChI=1S/C50H32N2S/c1-3-13-33(14-4-1)40-29-41(43-22-12-24-48-49(43)44-21-9-10-23-47(44)53-48)31-42(30-40)46-32-45(51-50(52-46)35-16-5-2-6-17-35)39-20-11-19-37(28-39)38-26-25-34-15-7-8-18-36(34)27-38/h1-32H. The Hall–Kier alpha value is -6.68. The Morgan fingerprint density at radius 3 is 1.75 bits per heavy atom. The Morgan fingerprint density at radius 2 is 0.906 bits per heavy atom. The fourth-order valence-electron chi connectivity index (χ4n) is 7.43. The third-order valence-electron chi connectivity index (χ3n) is 10.0. The molecular formula is C50H32N2S. The molecule has 0 N–H and O–H groups in total. The van der Waals surface area contributed by atoms with Gasteiger partial charge >= 0.3 is 0 Å². The van der Waals surface area contributed by atoms with Crippen LogP contribution in [0.25, 0.3) is 98.2 Å². The van der Waals surface area contributed by atoms with Crippen LogP contribution in [0.1, 0.15) is 0 Å². The monoisotopic (exact) mass is 692 g/mol. The molecule has 0 saturated carbocycles. The minimum Gasteiger partial charge on any atom is -0.228 e. The molecule has 0 aliphatic rings. The molecule has 0 bridgehead atoms. The van der Waals surface area contributed by atoms with Crippen LogP contribution in [0, 0.1) is 0 Å². The molecule has 0 unspecified atom stereocenters. The summed E-state index contributed by atoms with van der Waals surface area (Å²) in [6, 6.07) is 69.3. The van der Waals surface area contributed by atoms with E-state index >= 15 is 0 Å². The molecule has 0 fully saturated rings. The summed E-state index contributed by atoms with van der Waals surface area (Å²) in [5, 5.41) is 5.05. The smallest absolute Gasteiger partial charge is 0.160 e. The highest BCUT2D eigenvalue weighted by atomic mass is 32.1. The van der Waals surface area contributed by atoms with Crippen LogP contribution >= 0.6 is 11.3 Å². The highest BCUT2D eigenvalue weighted by Gasteiger charge is 2.16. The third-order valence-corrected chi connectivity index (χ3v) is 11.2. The molecule has 53 heavy (non-hydrogen) atoms. The van der Waals surface area contributed by atoms with Crippen LogP contribution in [-0.2, 0) is 0 Å². The molecule has 3 heteroatoms. The number of nitrogens with zero attached hydrogens (tertiary/aromatic N) is 2. The summed E-state index contributed by atoms with van der Waals surface area (Å²) in [5.74, 6) is 0.701. The molecule has 0 spiro atoms. The zero-order valence-corrected chi connectivity index (χ0v) is 29.6. The van der Waals surface area contributed by atoms with Gasteiger partial charge in [-0.05, 0) is 92.7 Å². The number of rotatable bonds is 6. The van der Waals surface area contributed by atoms with Gasteiger partial charge in [-0.3, -0.25) is 0 Å². The first-order chi connectivity index (χ1) is 26.2. The number of fused-ring (bicyclic) bond motifs is 4. The summed E-state index contributed by atoms with van der Waals surface area (Å²) in [6.07, 6.45) is 0. The van der Waals surface area contributed by atoms with E-state index in [1.54, 1.807) is 0 Å². The van der Waals surface area contributed by atoms with Crippen LogP contribution in [0.2, 0.25) is 0 Å². The maximum absolute atomic E-state index is 5.28. The van der Waals surface area contributed by atoms with E-state index in [-0.39, 0.29) is 0 Å². The van der Waals surface area contributed by atoms with Gasteiger partial charge in [-0.1, -0.05) is 146 Å². The van der Waals surface area contributed by atoms with Crippen molar-refractivity contribution in [1.29, 1.82) is 0 Å². The van der Waals surface area contributed by atoms with Crippen LogP contribution in [0.4, 0.5) is 0 Å². The normalized spacial score (nSPS) is 11.4. The van der Waals surface area contributed by atoms with Crippen molar-refractivity contribution in [3.63, 3.8) is 0 Å². The fraction of sp³-hybridized carbons (Fsp3) is 0. The second kappa shape index (κ2) is 13.1. The van der Waals surface area contributed by atoms with Crippen molar-refractivity contribution in [2.45, 2.75) is 0 Å². The zero-order valence-electron chi connectivity index (χ0n) is 28.8. The molecule has 10 aromatic rings. The van der Waals surface area contributed by atoms with E-state index in [2.05, 4.69) is 176 Å². The lowest BCUT2D eigenvalue weighted by Gasteiger charge is -2.14. The average Bonchev–Trinajstić information content (AvgIpc) is 3.63. The first-order valence-corrected chi connectivity index (χ1v) is 18.7. The van der Waals surface area contributed by atoms with Gasteiger partial charge < -0.3 is 0 Å². The van der Waals surface area contributed by atoms with E-state index in [0.717, 1.165) is 44.8 Å². The Labute approximate surface area is 312 Å². The predicted octanol–water partition coefficient (Wildman–Crippen LogP) is 14.0. The minimum atomic E-state index is 0.701. The first kappa shape index (κ1) is 31.1. The quantitative estimate of drug-likeness (QED) is 0.173. The molecule has 0 amide bonds. The van der Waals surface area contributed by atoms with Crippen molar-refractivity contribution in [3.05, 3.63) is 194 Å². The van der Waals surface area contributed by atoms with Crippen LogP contribution < -0.4 is 0 Å². The summed E-state index contributed by atoms with van der Waals surface area (Å²) in [6.45, 7) is 0. The number of hydrogen-bond donors (Lipinski definition) is 0. The number of benzene rings is 8. The van der Waals surface area contributed by atoms with E-state index in [4.69, 9.17) is 9.97 Å². The summed E-state index contributed by atoms with van der Waals surface area (Å²) < 4.78 is 2.59. The summed E-state index contributed by atoms with van der Waals surface area (Å²) in [7, 11) is 0. The molecule has 10 rings (SSSR count). The molecule has 0 aliphatic carbocycles. The van der Waals surface area contributed by atoms with E-state index in [0.29, 0.717) is 5.82 Å². The minimum absolute atomic E-state index is 0.701. The maximum Gasteiger partial charge on any atom is 0.160 e. The van der Waals surface area contributed by atoms with Gasteiger partial charge in [0.1, 0.15) is 0 Å². The Kier molecular flexibility index (Phi) is 7.71. The summed E-state index contributed by atoms with van der Waals surface area (Å²) >= 11 is 1.85. The van der Waals surface area contributed by atoms with E-state index in [1.807, 2.05) is 29.5 Å².